The van der Waals surface area contributed by atoms with Crippen LogP contribution in [0.4, 0.5) is 11.4 Å². The van der Waals surface area contributed by atoms with Crippen molar-refractivity contribution in [2.45, 2.75) is 18.9 Å². The van der Waals surface area contributed by atoms with Crippen LogP contribution in [0.15, 0.2) is 69.8 Å². The van der Waals surface area contributed by atoms with E-state index in [0.29, 0.717) is 15.9 Å². The van der Waals surface area contributed by atoms with E-state index in [4.69, 9.17) is 9.15 Å². The summed E-state index contributed by atoms with van der Waals surface area (Å²) >= 11 is 3.18. The molecule has 0 unspecified atom stereocenters. The Morgan fingerprint density at radius 3 is 2.44 bits per heavy atom. The quantitative estimate of drug-likeness (QED) is 0.515. The van der Waals surface area contributed by atoms with Crippen LogP contribution in [0.3, 0.4) is 0 Å². The van der Waals surface area contributed by atoms with Crippen LogP contribution in [0.2, 0.25) is 0 Å². The smallest absolute Gasteiger partial charge is 0.291 e. The average molecular weight is 498 g/mol. The number of amides is 2. The number of hydrogen-bond acceptors (Lipinski definition) is 5. The Kier molecular flexibility index (Phi) is 6.80. The summed E-state index contributed by atoms with van der Waals surface area (Å²) in [6, 6.07) is 18.2. The summed E-state index contributed by atoms with van der Waals surface area (Å²) in [6.45, 7) is 1.73. The maximum absolute atomic E-state index is 12.8. The van der Waals surface area contributed by atoms with Crippen LogP contribution in [0.25, 0.3) is 0 Å². The van der Waals surface area contributed by atoms with E-state index in [-0.39, 0.29) is 23.6 Å². The third kappa shape index (κ3) is 5.31. The number of hydrogen-bond donors (Lipinski definition) is 2. The van der Waals surface area contributed by atoms with Crippen LogP contribution in [0.5, 0.6) is 5.75 Å². The van der Waals surface area contributed by atoms with Crippen molar-refractivity contribution < 1.29 is 18.7 Å². The van der Waals surface area contributed by atoms with Gasteiger partial charge in [0.15, 0.2) is 10.4 Å². The molecule has 0 saturated carbocycles. The van der Waals surface area contributed by atoms with Gasteiger partial charge in [-0.05, 0) is 83.4 Å². The minimum absolute atomic E-state index is 0.107. The van der Waals surface area contributed by atoms with Crippen LogP contribution in [0.1, 0.15) is 33.8 Å². The van der Waals surface area contributed by atoms with Crippen LogP contribution in [0, 0.1) is 0 Å². The van der Waals surface area contributed by atoms with E-state index in [0.717, 1.165) is 37.4 Å². The van der Waals surface area contributed by atoms with Crippen molar-refractivity contribution in [3.05, 3.63) is 76.7 Å². The number of carbonyl (C=O) groups is 2. The van der Waals surface area contributed by atoms with Gasteiger partial charge in [-0.15, -0.1) is 0 Å². The summed E-state index contributed by atoms with van der Waals surface area (Å²) in [4.78, 5) is 27.4. The third-order valence-electron chi connectivity index (χ3n) is 5.45. The van der Waals surface area contributed by atoms with Crippen molar-refractivity contribution in [1.29, 1.82) is 0 Å². The standard InChI is InChI=1S/C24H24BrN3O4/c1-31-20-7-5-19(6-8-20)28-13-11-17(12-14-28)26-23(29)16-3-2-4-18(15-16)27-24(30)21-9-10-22(25)32-21/h2-10,15,17H,11-14H2,1H3,(H,26,29)(H,27,30). The zero-order valence-corrected chi connectivity index (χ0v) is 19.2. The Morgan fingerprint density at radius 1 is 1.03 bits per heavy atom. The molecule has 0 aliphatic carbocycles. The number of benzene rings is 2. The molecule has 0 bridgehead atoms. The first-order valence-electron chi connectivity index (χ1n) is 10.4. The van der Waals surface area contributed by atoms with E-state index in [1.165, 1.54) is 0 Å². The highest BCUT2D eigenvalue weighted by Crippen LogP contribution is 2.23. The molecule has 32 heavy (non-hydrogen) atoms. The van der Waals surface area contributed by atoms with Crippen molar-refractivity contribution in [2.24, 2.45) is 0 Å². The first kappa shape index (κ1) is 22.0. The highest BCUT2D eigenvalue weighted by atomic mass is 79.9. The fourth-order valence-corrected chi connectivity index (χ4v) is 4.02. The molecule has 1 aromatic heterocycles. The molecule has 0 atom stereocenters. The van der Waals surface area contributed by atoms with E-state index >= 15 is 0 Å². The van der Waals surface area contributed by atoms with Gasteiger partial charge in [0.1, 0.15) is 5.75 Å². The Hall–Kier alpha value is -3.26. The van der Waals surface area contributed by atoms with Crippen LogP contribution in [-0.2, 0) is 0 Å². The lowest BCUT2D eigenvalue weighted by Gasteiger charge is -2.34. The largest absolute Gasteiger partial charge is 0.497 e. The van der Waals surface area contributed by atoms with Crippen molar-refractivity contribution in [3.63, 3.8) is 0 Å². The molecule has 1 aliphatic heterocycles. The molecule has 2 aromatic carbocycles. The lowest BCUT2D eigenvalue weighted by Crippen LogP contribution is -2.44. The van der Waals surface area contributed by atoms with Gasteiger partial charge in [-0.2, -0.15) is 0 Å². The molecule has 2 N–H and O–H groups in total. The normalized spacial score (nSPS) is 14.1. The lowest BCUT2D eigenvalue weighted by atomic mass is 10.0. The molecule has 0 radical (unpaired) electrons. The number of furan rings is 1. The number of piperidine rings is 1. The zero-order chi connectivity index (χ0) is 22.5. The van der Waals surface area contributed by atoms with E-state index in [1.807, 2.05) is 12.1 Å². The predicted octanol–water partition coefficient (Wildman–Crippen LogP) is 4.70. The molecule has 3 aromatic rings. The summed E-state index contributed by atoms with van der Waals surface area (Å²) in [5.74, 6) is 0.505. The molecule has 2 amide bonds. The second kappa shape index (κ2) is 9.91. The molecule has 1 aliphatic rings. The fraction of sp³-hybridized carbons (Fsp3) is 0.250. The van der Waals surface area contributed by atoms with Gasteiger partial charge in [-0.1, -0.05) is 6.07 Å². The summed E-state index contributed by atoms with van der Waals surface area (Å²) in [7, 11) is 1.66. The van der Waals surface area contributed by atoms with Crippen molar-refractivity contribution in [2.75, 3.05) is 30.4 Å². The molecule has 4 rings (SSSR count). The number of nitrogens with one attached hydrogen (secondary N) is 2. The first-order chi connectivity index (χ1) is 15.5. The number of ether oxygens (including phenoxy) is 1. The SMILES string of the molecule is COc1ccc(N2CCC(NC(=O)c3cccc(NC(=O)c4ccc(Br)o4)c3)CC2)cc1. The minimum Gasteiger partial charge on any atom is -0.497 e. The van der Waals surface area contributed by atoms with Crippen molar-refractivity contribution in [1.82, 2.24) is 5.32 Å². The Morgan fingerprint density at radius 2 is 1.78 bits per heavy atom. The lowest BCUT2D eigenvalue weighted by molar-refractivity contribution is 0.0929. The molecular formula is C24H24BrN3O4. The molecular weight excluding hydrogens is 474 g/mol. The maximum atomic E-state index is 12.8. The van der Waals surface area contributed by atoms with Gasteiger partial charge in [0, 0.05) is 36.1 Å². The number of methoxy groups -OCH3 is 1. The number of rotatable bonds is 6. The average Bonchev–Trinajstić information content (AvgIpc) is 3.26. The molecule has 7 nitrogen and oxygen atoms in total. The fourth-order valence-electron chi connectivity index (χ4n) is 3.71. The maximum Gasteiger partial charge on any atom is 0.291 e. The van der Waals surface area contributed by atoms with Gasteiger partial charge in [-0.25, -0.2) is 0 Å². The highest BCUT2D eigenvalue weighted by molar-refractivity contribution is 9.10. The molecule has 2 heterocycles. The number of anilines is 2. The Labute approximate surface area is 194 Å². The van der Waals surface area contributed by atoms with Crippen molar-refractivity contribution in [3.8, 4) is 5.75 Å². The molecule has 8 heteroatoms. The summed E-state index contributed by atoms with van der Waals surface area (Å²) in [5.41, 5.74) is 2.19. The number of nitrogens with zero attached hydrogens (tertiary/aromatic N) is 1. The Bertz CT molecular complexity index is 1090. The van der Waals surface area contributed by atoms with Gasteiger partial charge in [0.2, 0.25) is 0 Å². The van der Waals surface area contributed by atoms with E-state index in [1.54, 1.807) is 43.5 Å². The monoisotopic (exact) mass is 497 g/mol. The van der Waals surface area contributed by atoms with E-state index in [9.17, 15) is 9.59 Å². The molecule has 166 valence electrons. The van der Waals surface area contributed by atoms with Gasteiger partial charge in [0.05, 0.1) is 7.11 Å². The van der Waals surface area contributed by atoms with Gasteiger partial charge in [0.25, 0.3) is 11.8 Å². The summed E-state index contributed by atoms with van der Waals surface area (Å²) in [5, 5.41) is 5.87. The zero-order valence-electron chi connectivity index (χ0n) is 17.6. The van der Waals surface area contributed by atoms with Crippen LogP contribution >= 0.6 is 15.9 Å². The van der Waals surface area contributed by atoms with Gasteiger partial charge < -0.3 is 24.7 Å². The molecule has 1 saturated heterocycles. The second-order valence-electron chi connectivity index (χ2n) is 7.57. The predicted molar refractivity (Wildman–Crippen MR) is 126 cm³/mol. The first-order valence-corrected chi connectivity index (χ1v) is 11.2. The topological polar surface area (TPSA) is 83.8 Å². The van der Waals surface area contributed by atoms with Gasteiger partial charge in [-0.3, -0.25) is 9.59 Å². The highest BCUT2D eigenvalue weighted by Gasteiger charge is 2.22. The third-order valence-corrected chi connectivity index (χ3v) is 5.87. The van der Waals surface area contributed by atoms with E-state index < -0.39 is 0 Å². The van der Waals surface area contributed by atoms with Crippen molar-refractivity contribution >= 4 is 39.1 Å². The Balaban J connectivity index is 1.31. The van der Waals surface area contributed by atoms with Gasteiger partial charge >= 0.3 is 0 Å². The number of halogens is 1. The van der Waals surface area contributed by atoms with Crippen LogP contribution in [-0.4, -0.2) is 38.1 Å². The van der Waals surface area contributed by atoms with E-state index in [2.05, 4.69) is 43.6 Å². The minimum atomic E-state index is -0.376. The summed E-state index contributed by atoms with van der Waals surface area (Å²) < 4.78 is 11.0. The second-order valence-corrected chi connectivity index (χ2v) is 8.35. The molecule has 1 fully saturated rings. The van der Waals surface area contributed by atoms with Crippen LogP contribution < -0.4 is 20.3 Å². The summed E-state index contributed by atoms with van der Waals surface area (Å²) in [6.07, 6.45) is 1.73. The number of carbonyl (C=O) groups excluding carboxylic acids is 2. The molecule has 0 spiro atoms.